The molecule has 1 aliphatic rings. The van der Waals surface area contributed by atoms with Crippen LogP contribution in [0.5, 0.6) is 0 Å². The molecule has 1 aliphatic heterocycles. The SMILES string of the molecule is C[C@H](CNC(=O)/C=C/c1ccco1)N1CCc2ccccc21. The second-order valence-corrected chi connectivity index (χ2v) is 5.52. The zero-order valence-corrected chi connectivity index (χ0v) is 12.7. The van der Waals surface area contributed by atoms with Crippen LogP contribution in [0.15, 0.2) is 53.2 Å². The minimum absolute atomic E-state index is 0.101. The van der Waals surface area contributed by atoms with Gasteiger partial charge in [0.1, 0.15) is 5.76 Å². The van der Waals surface area contributed by atoms with Crippen LogP contribution < -0.4 is 10.2 Å². The van der Waals surface area contributed by atoms with Gasteiger partial charge in [0.25, 0.3) is 0 Å². The van der Waals surface area contributed by atoms with Crippen LogP contribution in [0.25, 0.3) is 6.08 Å². The van der Waals surface area contributed by atoms with Crippen molar-refractivity contribution in [3.8, 4) is 0 Å². The van der Waals surface area contributed by atoms with Gasteiger partial charge in [-0.2, -0.15) is 0 Å². The summed E-state index contributed by atoms with van der Waals surface area (Å²) in [6.07, 6.45) is 5.84. The Morgan fingerprint density at radius 3 is 3.05 bits per heavy atom. The fraction of sp³-hybridized carbons (Fsp3) is 0.278. The fourth-order valence-electron chi connectivity index (χ4n) is 2.78. The van der Waals surface area contributed by atoms with Crippen molar-refractivity contribution in [2.45, 2.75) is 19.4 Å². The van der Waals surface area contributed by atoms with Gasteiger partial charge in [0.2, 0.25) is 5.91 Å². The first-order chi connectivity index (χ1) is 10.7. The minimum Gasteiger partial charge on any atom is -0.465 e. The first-order valence-electron chi connectivity index (χ1n) is 7.58. The summed E-state index contributed by atoms with van der Waals surface area (Å²) in [6, 6.07) is 12.3. The highest BCUT2D eigenvalue weighted by Gasteiger charge is 2.22. The van der Waals surface area contributed by atoms with E-state index in [1.54, 1.807) is 18.4 Å². The van der Waals surface area contributed by atoms with Gasteiger partial charge in [0, 0.05) is 30.9 Å². The molecule has 114 valence electrons. The summed E-state index contributed by atoms with van der Waals surface area (Å²) in [5, 5.41) is 2.94. The molecule has 4 nitrogen and oxygen atoms in total. The van der Waals surface area contributed by atoms with Crippen molar-refractivity contribution >= 4 is 17.7 Å². The monoisotopic (exact) mass is 296 g/mol. The number of benzene rings is 1. The number of anilines is 1. The third-order valence-electron chi connectivity index (χ3n) is 3.97. The van der Waals surface area contributed by atoms with Gasteiger partial charge in [-0.05, 0) is 43.2 Å². The summed E-state index contributed by atoms with van der Waals surface area (Å²) in [5.41, 5.74) is 2.67. The number of carbonyl (C=O) groups is 1. The normalized spacial score (nSPS) is 15.0. The highest BCUT2D eigenvalue weighted by Crippen LogP contribution is 2.28. The molecule has 1 aromatic carbocycles. The van der Waals surface area contributed by atoms with E-state index in [1.165, 1.54) is 17.3 Å². The molecule has 1 N–H and O–H groups in total. The van der Waals surface area contributed by atoms with Crippen LogP contribution in [0.1, 0.15) is 18.2 Å². The van der Waals surface area contributed by atoms with Gasteiger partial charge < -0.3 is 14.6 Å². The number of para-hydroxylation sites is 1. The molecule has 0 radical (unpaired) electrons. The molecule has 0 bridgehead atoms. The molecular weight excluding hydrogens is 276 g/mol. The van der Waals surface area contributed by atoms with Crippen molar-refractivity contribution in [3.63, 3.8) is 0 Å². The van der Waals surface area contributed by atoms with Crippen LogP contribution >= 0.6 is 0 Å². The molecule has 3 rings (SSSR count). The molecule has 2 heterocycles. The lowest BCUT2D eigenvalue weighted by Gasteiger charge is -2.27. The molecule has 0 saturated heterocycles. The minimum atomic E-state index is -0.101. The largest absolute Gasteiger partial charge is 0.465 e. The zero-order chi connectivity index (χ0) is 15.4. The summed E-state index contributed by atoms with van der Waals surface area (Å²) < 4.78 is 5.15. The number of fused-ring (bicyclic) bond motifs is 1. The third kappa shape index (κ3) is 3.22. The summed E-state index contributed by atoms with van der Waals surface area (Å²) in [5.74, 6) is 0.576. The molecule has 0 saturated carbocycles. The highest BCUT2D eigenvalue weighted by atomic mass is 16.3. The number of nitrogens with zero attached hydrogens (tertiary/aromatic N) is 1. The smallest absolute Gasteiger partial charge is 0.244 e. The van der Waals surface area contributed by atoms with Crippen molar-refractivity contribution in [1.29, 1.82) is 0 Å². The standard InChI is InChI=1S/C18H20N2O2/c1-14(20-11-10-15-5-2-3-7-17(15)20)13-19-18(21)9-8-16-6-4-12-22-16/h2-9,12,14H,10-11,13H2,1H3,(H,19,21)/b9-8+/t14-/m1/s1. The van der Waals surface area contributed by atoms with Gasteiger partial charge in [-0.3, -0.25) is 4.79 Å². The van der Waals surface area contributed by atoms with E-state index < -0.39 is 0 Å². The van der Waals surface area contributed by atoms with Crippen LogP contribution in [-0.2, 0) is 11.2 Å². The Morgan fingerprint density at radius 2 is 2.23 bits per heavy atom. The van der Waals surface area contributed by atoms with Crippen LogP contribution in [0, 0.1) is 0 Å². The highest BCUT2D eigenvalue weighted by molar-refractivity contribution is 5.91. The molecule has 0 aliphatic carbocycles. The van der Waals surface area contributed by atoms with Crippen LogP contribution in [0.3, 0.4) is 0 Å². The van der Waals surface area contributed by atoms with Crippen LogP contribution in [0.2, 0.25) is 0 Å². The lowest BCUT2D eigenvalue weighted by atomic mass is 10.2. The molecule has 0 fully saturated rings. The molecular formula is C18H20N2O2. The van der Waals surface area contributed by atoms with E-state index in [9.17, 15) is 4.79 Å². The summed E-state index contributed by atoms with van der Waals surface area (Å²) in [7, 11) is 0. The summed E-state index contributed by atoms with van der Waals surface area (Å²) >= 11 is 0. The van der Waals surface area contributed by atoms with Gasteiger partial charge in [-0.1, -0.05) is 18.2 Å². The third-order valence-corrected chi connectivity index (χ3v) is 3.97. The van der Waals surface area contributed by atoms with Gasteiger partial charge in [0.15, 0.2) is 0 Å². The molecule has 22 heavy (non-hydrogen) atoms. The number of furan rings is 1. The average Bonchev–Trinajstić information content (AvgIpc) is 3.19. The van der Waals surface area contributed by atoms with Crippen molar-refractivity contribution in [2.75, 3.05) is 18.0 Å². The topological polar surface area (TPSA) is 45.5 Å². The van der Waals surface area contributed by atoms with E-state index in [0.717, 1.165) is 13.0 Å². The predicted octanol–water partition coefficient (Wildman–Crippen LogP) is 2.86. The van der Waals surface area contributed by atoms with Crippen molar-refractivity contribution in [1.82, 2.24) is 5.32 Å². The van der Waals surface area contributed by atoms with Gasteiger partial charge in [-0.25, -0.2) is 0 Å². The van der Waals surface area contributed by atoms with Crippen molar-refractivity contribution in [3.05, 3.63) is 60.1 Å². The Labute approximate surface area is 130 Å². The number of hydrogen-bond donors (Lipinski definition) is 1. The summed E-state index contributed by atoms with van der Waals surface area (Å²) in [4.78, 5) is 14.2. The Kier molecular flexibility index (Phi) is 4.28. The lowest BCUT2D eigenvalue weighted by Crippen LogP contribution is -2.41. The van der Waals surface area contributed by atoms with E-state index in [4.69, 9.17) is 4.42 Å². The Balaban J connectivity index is 1.52. The van der Waals surface area contributed by atoms with Crippen molar-refractivity contribution < 1.29 is 9.21 Å². The summed E-state index contributed by atoms with van der Waals surface area (Å²) in [6.45, 7) is 3.77. The number of hydrogen-bond acceptors (Lipinski definition) is 3. The van der Waals surface area contributed by atoms with E-state index in [-0.39, 0.29) is 11.9 Å². The average molecular weight is 296 g/mol. The van der Waals surface area contributed by atoms with Crippen LogP contribution in [-0.4, -0.2) is 25.0 Å². The number of carbonyl (C=O) groups excluding carboxylic acids is 1. The maximum Gasteiger partial charge on any atom is 0.244 e. The van der Waals surface area contributed by atoms with E-state index in [0.29, 0.717) is 12.3 Å². The number of rotatable bonds is 5. The molecule has 0 unspecified atom stereocenters. The first-order valence-corrected chi connectivity index (χ1v) is 7.58. The van der Waals surface area contributed by atoms with E-state index in [1.807, 2.05) is 6.07 Å². The quantitative estimate of drug-likeness (QED) is 0.863. The molecule has 4 heteroatoms. The lowest BCUT2D eigenvalue weighted by molar-refractivity contribution is -0.116. The molecule has 0 spiro atoms. The molecule has 2 aromatic rings. The predicted molar refractivity (Wildman–Crippen MR) is 87.7 cm³/mol. The molecule has 1 amide bonds. The number of nitrogens with one attached hydrogen (secondary N) is 1. The fourth-order valence-corrected chi connectivity index (χ4v) is 2.78. The second-order valence-electron chi connectivity index (χ2n) is 5.52. The molecule has 1 aromatic heterocycles. The van der Waals surface area contributed by atoms with E-state index >= 15 is 0 Å². The van der Waals surface area contributed by atoms with Gasteiger partial charge in [-0.15, -0.1) is 0 Å². The molecule has 1 atom stereocenters. The van der Waals surface area contributed by atoms with Gasteiger partial charge in [0.05, 0.1) is 6.26 Å². The first kappa shape index (κ1) is 14.4. The van der Waals surface area contributed by atoms with E-state index in [2.05, 4.69) is 41.4 Å². The van der Waals surface area contributed by atoms with Crippen LogP contribution in [0.4, 0.5) is 5.69 Å². The maximum atomic E-state index is 11.8. The zero-order valence-electron chi connectivity index (χ0n) is 12.7. The Morgan fingerprint density at radius 1 is 1.36 bits per heavy atom. The second kappa shape index (κ2) is 6.52. The maximum absolute atomic E-state index is 11.8. The number of amides is 1. The Hall–Kier alpha value is -2.49. The van der Waals surface area contributed by atoms with Crippen molar-refractivity contribution in [2.24, 2.45) is 0 Å². The van der Waals surface area contributed by atoms with Gasteiger partial charge >= 0.3 is 0 Å². The Bertz CT molecular complexity index is 661.